The summed E-state index contributed by atoms with van der Waals surface area (Å²) in [5, 5.41) is 11.7. The first-order valence-corrected chi connectivity index (χ1v) is 12.1. The molecule has 0 saturated carbocycles. The average molecular weight is 514 g/mol. The topological polar surface area (TPSA) is 98.4 Å². The highest BCUT2D eigenvalue weighted by atomic mass is 16.5. The number of methoxy groups -OCH3 is 3. The SMILES string of the molecule is COc1ccc(CCN2C(=O)C(O)=C(C(=O)c3cc4cccc(OC)c4o3)C2c2ccccc2OC)cc1. The van der Waals surface area contributed by atoms with Gasteiger partial charge in [-0.25, -0.2) is 0 Å². The summed E-state index contributed by atoms with van der Waals surface area (Å²) in [4.78, 5) is 28.7. The second-order valence-corrected chi connectivity index (χ2v) is 8.82. The number of aliphatic hydroxyl groups excluding tert-OH is 1. The fourth-order valence-electron chi connectivity index (χ4n) is 4.82. The third-order valence-corrected chi connectivity index (χ3v) is 6.73. The number of amides is 1. The predicted octanol–water partition coefficient (Wildman–Crippen LogP) is 5.28. The van der Waals surface area contributed by atoms with Gasteiger partial charge in [0.1, 0.15) is 11.5 Å². The molecule has 194 valence electrons. The molecule has 2 heterocycles. The van der Waals surface area contributed by atoms with E-state index in [0.717, 1.165) is 11.3 Å². The summed E-state index contributed by atoms with van der Waals surface area (Å²) >= 11 is 0. The number of benzene rings is 3. The van der Waals surface area contributed by atoms with E-state index in [2.05, 4.69) is 0 Å². The number of nitrogens with zero attached hydrogens (tertiary/aromatic N) is 1. The Morgan fingerprint density at radius 3 is 2.34 bits per heavy atom. The average Bonchev–Trinajstić information content (AvgIpc) is 3.50. The number of rotatable bonds is 9. The standard InChI is InChI=1S/C30H27NO7/c1-35-20-13-11-18(12-14-20)15-16-31-26(21-8-4-5-9-22(21)36-2)25(28(33)30(31)34)27(32)24-17-19-7-6-10-23(37-3)29(19)38-24/h4-14,17,26,33H,15-16H2,1-3H3. The van der Waals surface area contributed by atoms with Crippen LogP contribution in [-0.2, 0) is 11.2 Å². The molecular formula is C30H27NO7. The Hall–Kier alpha value is -4.72. The van der Waals surface area contributed by atoms with Gasteiger partial charge in [0.2, 0.25) is 5.78 Å². The molecule has 1 atom stereocenters. The first-order chi connectivity index (χ1) is 18.5. The zero-order valence-corrected chi connectivity index (χ0v) is 21.3. The quantitative estimate of drug-likeness (QED) is 0.304. The zero-order valence-electron chi connectivity index (χ0n) is 21.3. The molecule has 1 aliphatic heterocycles. The molecule has 1 aliphatic rings. The van der Waals surface area contributed by atoms with Crippen LogP contribution in [-0.4, -0.2) is 49.6 Å². The van der Waals surface area contributed by atoms with Crippen molar-refractivity contribution < 1.29 is 33.3 Å². The van der Waals surface area contributed by atoms with Crippen molar-refractivity contribution in [2.24, 2.45) is 0 Å². The summed E-state index contributed by atoms with van der Waals surface area (Å²) in [6.07, 6.45) is 0.498. The molecule has 1 N–H and O–H groups in total. The van der Waals surface area contributed by atoms with Crippen LogP contribution in [0.3, 0.4) is 0 Å². The monoisotopic (exact) mass is 513 g/mol. The Labute approximate surface area is 219 Å². The van der Waals surface area contributed by atoms with Gasteiger partial charge in [0.25, 0.3) is 5.91 Å². The maximum absolute atomic E-state index is 13.9. The normalized spacial score (nSPS) is 15.3. The van der Waals surface area contributed by atoms with Crippen molar-refractivity contribution in [3.8, 4) is 17.2 Å². The highest BCUT2D eigenvalue weighted by molar-refractivity contribution is 6.16. The number of para-hydroxylation sites is 2. The van der Waals surface area contributed by atoms with Crippen molar-refractivity contribution in [2.75, 3.05) is 27.9 Å². The highest BCUT2D eigenvalue weighted by Crippen LogP contribution is 2.43. The van der Waals surface area contributed by atoms with Gasteiger partial charge in [-0.05, 0) is 42.3 Å². The molecule has 0 radical (unpaired) electrons. The van der Waals surface area contributed by atoms with Crippen LogP contribution >= 0.6 is 0 Å². The predicted molar refractivity (Wildman–Crippen MR) is 141 cm³/mol. The van der Waals surface area contributed by atoms with Gasteiger partial charge >= 0.3 is 0 Å². The molecule has 4 aromatic rings. The number of Topliss-reactive ketones (excluding diaryl/α,β-unsaturated/α-hetero) is 1. The van der Waals surface area contributed by atoms with Crippen LogP contribution in [0.2, 0.25) is 0 Å². The third-order valence-electron chi connectivity index (χ3n) is 6.73. The van der Waals surface area contributed by atoms with Gasteiger partial charge in [-0.1, -0.05) is 42.5 Å². The molecule has 8 nitrogen and oxygen atoms in total. The fourth-order valence-corrected chi connectivity index (χ4v) is 4.82. The van der Waals surface area contributed by atoms with Gasteiger partial charge in [-0.15, -0.1) is 0 Å². The molecule has 5 rings (SSSR count). The number of carbonyl (C=O) groups is 2. The van der Waals surface area contributed by atoms with E-state index >= 15 is 0 Å². The molecular weight excluding hydrogens is 486 g/mol. The van der Waals surface area contributed by atoms with Gasteiger partial charge in [-0.2, -0.15) is 0 Å². The molecule has 0 aliphatic carbocycles. The molecule has 0 spiro atoms. The molecule has 0 fully saturated rings. The number of ketones is 1. The summed E-state index contributed by atoms with van der Waals surface area (Å²) in [6, 6.07) is 20.7. The summed E-state index contributed by atoms with van der Waals surface area (Å²) in [6.45, 7) is 0.253. The smallest absolute Gasteiger partial charge is 0.290 e. The maximum atomic E-state index is 13.9. The van der Waals surface area contributed by atoms with E-state index in [1.165, 1.54) is 19.1 Å². The lowest BCUT2D eigenvalue weighted by Crippen LogP contribution is -2.33. The summed E-state index contributed by atoms with van der Waals surface area (Å²) in [5.74, 6) is -0.129. The molecule has 3 aromatic carbocycles. The van der Waals surface area contributed by atoms with Crippen molar-refractivity contribution >= 4 is 22.7 Å². The Morgan fingerprint density at radius 1 is 0.921 bits per heavy atom. The van der Waals surface area contributed by atoms with Gasteiger partial charge in [-0.3, -0.25) is 9.59 Å². The Kier molecular flexibility index (Phi) is 6.79. The lowest BCUT2D eigenvalue weighted by Gasteiger charge is -2.28. The van der Waals surface area contributed by atoms with Crippen molar-refractivity contribution in [1.29, 1.82) is 0 Å². The molecule has 1 unspecified atom stereocenters. The first-order valence-electron chi connectivity index (χ1n) is 12.1. The Morgan fingerprint density at radius 2 is 1.63 bits per heavy atom. The van der Waals surface area contributed by atoms with Crippen LogP contribution in [0, 0.1) is 0 Å². The Bertz CT molecular complexity index is 1530. The third kappa shape index (κ3) is 4.34. The van der Waals surface area contributed by atoms with Gasteiger partial charge in [0.05, 0.1) is 32.9 Å². The number of hydrogen-bond donors (Lipinski definition) is 1. The van der Waals surface area contributed by atoms with Crippen LogP contribution in [0.4, 0.5) is 0 Å². The lowest BCUT2D eigenvalue weighted by atomic mass is 9.94. The number of ether oxygens (including phenoxy) is 3. The minimum Gasteiger partial charge on any atom is -0.503 e. The van der Waals surface area contributed by atoms with E-state index in [1.807, 2.05) is 24.3 Å². The molecule has 1 amide bonds. The molecule has 1 aromatic heterocycles. The second-order valence-electron chi connectivity index (χ2n) is 8.82. The number of carbonyl (C=O) groups excluding carboxylic acids is 2. The fraction of sp³-hybridized carbons (Fsp3) is 0.200. The molecule has 0 bridgehead atoms. The highest BCUT2D eigenvalue weighted by Gasteiger charge is 2.45. The lowest BCUT2D eigenvalue weighted by molar-refractivity contribution is -0.129. The van der Waals surface area contributed by atoms with Crippen LogP contribution in [0.1, 0.15) is 27.7 Å². The number of fused-ring (bicyclic) bond motifs is 1. The van der Waals surface area contributed by atoms with Crippen molar-refractivity contribution in [3.63, 3.8) is 0 Å². The minimum absolute atomic E-state index is 0.00393. The maximum Gasteiger partial charge on any atom is 0.290 e. The van der Waals surface area contributed by atoms with Gasteiger partial charge in [0.15, 0.2) is 22.9 Å². The van der Waals surface area contributed by atoms with Crippen LogP contribution < -0.4 is 14.2 Å². The number of aliphatic hydroxyl groups is 1. The summed E-state index contributed by atoms with van der Waals surface area (Å²) in [5.41, 5.74) is 1.90. The van der Waals surface area contributed by atoms with Crippen LogP contribution in [0.15, 0.2) is 88.5 Å². The molecule has 0 saturated heterocycles. The summed E-state index contributed by atoms with van der Waals surface area (Å²) < 4.78 is 22.0. The zero-order chi connectivity index (χ0) is 26.8. The van der Waals surface area contributed by atoms with Gasteiger partial charge < -0.3 is 28.6 Å². The van der Waals surface area contributed by atoms with Crippen LogP contribution in [0.5, 0.6) is 17.2 Å². The van der Waals surface area contributed by atoms with Crippen molar-refractivity contribution in [3.05, 3.63) is 101 Å². The number of hydrogen-bond acceptors (Lipinski definition) is 7. The first kappa shape index (κ1) is 25.0. The second kappa shape index (κ2) is 10.3. The van der Waals surface area contributed by atoms with E-state index in [9.17, 15) is 14.7 Å². The summed E-state index contributed by atoms with van der Waals surface area (Å²) in [7, 11) is 4.63. The van der Waals surface area contributed by atoms with Crippen LogP contribution in [0.25, 0.3) is 11.0 Å². The molecule has 38 heavy (non-hydrogen) atoms. The minimum atomic E-state index is -0.875. The van der Waals surface area contributed by atoms with E-state index in [1.54, 1.807) is 55.6 Å². The van der Waals surface area contributed by atoms with Crippen molar-refractivity contribution in [1.82, 2.24) is 4.90 Å². The van der Waals surface area contributed by atoms with Crippen molar-refractivity contribution in [2.45, 2.75) is 12.5 Å². The Balaban J connectivity index is 1.55. The number of furan rings is 1. The molecule has 8 heteroatoms. The van der Waals surface area contributed by atoms with E-state index in [0.29, 0.717) is 34.5 Å². The van der Waals surface area contributed by atoms with E-state index < -0.39 is 23.5 Å². The van der Waals surface area contributed by atoms with E-state index in [-0.39, 0.29) is 17.9 Å². The van der Waals surface area contributed by atoms with Gasteiger partial charge in [0, 0.05) is 17.5 Å². The largest absolute Gasteiger partial charge is 0.503 e. The van der Waals surface area contributed by atoms with E-state index in [4.69, 9.17) is 18.6 Å².